The first-order valence-electron chi connectivity index (χ1n) is 5.71. The van der Waals surface area contributed by atoms with E-state index in [4.69, 9.17) is 10.2 Å². The lowest BCUT2D eigenvalue weighted by molar-refractivity contribution is 0.0702. The van der Waals surface area contributed by atoms with Gasteiger partial charge >= 0.3 is 5.97 Å². The number of carboxylic acid groups (broad SMARTS) is 1. The molecule has 19 heavy (non-hydrogen) atoms. The van der Waals surface area contributed by atoms with E-state index in [2.05, 4.69) is 4.72 Å². The molecule has 1 aromatic heterocycles. The van der Waals surface area contributed by atoms with Gasteiger partial charge in [-0.1, -0.05) is 6.92 Å². The van der Waals surface area contributed by atoms with E-state index in [1.165, 1.54) is 5.38 Å². The number of aromatic carboxylic acids is 1. The van der Waals surface area contributed by atoms with Gasteiger partial charge in [-0.05, 0) is 25.8 Å². The van der Waals surface area contributed by atoms with Gasteiger partial charge in [0.25, 0.3) is 0 Å². The van der Waals surface area contributed by atoms with Gasteiger partial charge in [0, 0.05) is 17.5 Å². The molecule has 0 aliphatic heterocycles. The summed E-state index contributed by atoms with van der Waals surface area (Å²) in [7, 11) is -3.78. The van der Waals surface area contributed by atoms with Crippen molar-refractivity contribution in [3.63, 3.8) is 0 Å². The molecule has 3 N–H and O–H groups in total. The van der Waals surface area contributed by atoms with Gasteiger partial charge in [-0.2, -0.15) is 0 Å². The molecule has 1 atom stereocenters. The van der Waals surface area contributed by atoms with Gasteiger partial charge in [0.2, 0.25) is 10.0 Å². The van der Waals surface area contributed by atoms with Crippen LogP contribution in [-0.4, -0.2) is 36.7 Å². The molecule has 108 valence electrons. The molecular weight excluding hydrogens is 290 g/mol. The molecule has 0 saturated heterocycles. The number of hydrogen-bond acceptors (Lipinski definition) is 5. The van der Waals surface area contributed by atoms with Crippen LogP contribution in [0.5, 0.6) is 0 Å². The Balaban J connectivity index is 3.00. The number of nitrogens with one attached hydrogen (secondary N) is 1. The average Bonchev–Trinajstić information content (AvgIpc) is 2.78. The van der Waals surface area contributed by atoms with Crippen LogP contribution < -0.4 is 4.72 Å². The second-order valence-electron chi connectivity index (χ2n) is 4.45. The van der Waals surface area contributed by atoms with Crippen molar-refractivity contribution in [1.82, 2.24) is 4.72 Å². The normalized spacial score (nSPS) is 15.1. The van der Waals surface area contributed by atoms with Gasteiger partial charge in [-0.3, -0.25) is 0 Å². The molecule has 1 unspecified atom stereocenters. The van der Waals surface area contributed by atoms with Gasteiger partial charge in [0.1, 0.15) is 4.88 Å². The van der Waals surface area contributed by atoms with Crippen molar-refractivity contribution < 1.29 is 23.4 Å². The van der Waals surface area contributed by atoms with Crippen molar-refractivity contribution in [3.05, 3.63) is 16.3 Å². The summed E-state index contributed by atoms with van der Waals surface area (Å²) in [6.07, 6.45) is 0.807. The van der Waals surface area contributed by atoms with E-state index in [0.29, 0.717) is 12.8 Å². The number of hydrogen-bond donors (Lipinski definition) is 3. The van der Waals surface area contributed by atoms with E-state index in [1.54, 1.807) is 6.92 Å². The predicted molar refractivity (Wildman–Crippen MR) is 72.0 cm³/mol. The molecule has 8 heteroatoms. The van der Waals surface area contributed by atoms with E-state index in [1.807, 2.05) is 6.92 Å². The number of rotatable bonds is 7. The van der Waals surface area contributed by atoms with E-state index in [-0.39, 0.29) is 16.4 Å². The fraction of sp³-hybridized carbons (Fsp3) is 0.545. The molecule has 1 heterocycles. The van der Waals surface area contributed by atoms with E-state index in [9.17, 15) is 13.2 Å². The average molecular weight is 307 g/mol. The number of thiophene rings is 1. The highest BCUT2D eigenvalue weighted by atomic mass is 32.2. The van der Waals surface area contributed by atoms with Crippen LogP contribution in [0.3, 0.4) is 0 Å². The van der Waals surface area contributed by atoms with Gasteiger partial charge in [-0.15, -0.1) is 11.3 Å². The molecule has 0 aliphatic rings. The molecule has 0 saturated carbocycles. The number of carbonyl (C=O) groups is 1. The molecule has 0 fully saturated rings. The minimum atomic E-state index is -3.78. The zero-order chi connectivity index (χ0) is 14.7. The maximum atomic E-state index is 12.1. The molecule has 1 rings (SSSR count). The van der Waals surface area contributed by atoms with Gasteiger partial charge < -0.3 is 10.2 Å². The number of sulfonamides is 1. The van der Waals surface area contributed by atoms with Gasteiger partial charge in [0.05, 0.1) is 4.90 Å². The molecule has 1 aromatic rings. The third kappa shape index (κ3) is 4.00. The first kappa shape index (κ1) is 16.1. The Morgan fingerprint density at radius 3 is 2.58 bits per heavy atom. The lowest BCUT2D eigenvalue weighted by atomic mass is 9.97. The largest absolute Gasteiger partial charge is 0.477 e. The zero-order valence-corrected chi connectivity index (χ0v) is 12.3. The highest BCUT2D eigenvalue weighted by Gasteiger charge is 2.29. The van der Waals surface area contributed by atoms with Crippen molar-refractivity contribution in [2.45, 2.75) is 37.1 Å². The summed E-state index contributed by atoms with van der Waals surface area (Å²) in [6, 6.07) is 1.13. The monoisotopic (exact) mass is 307 g/mol. The molecule has 0 bridgehead atoms. The Bertz CT molecular complexity index is 551. The molecule has 0 amide bonds. The molecule has 0 aliphatic carbocycles. The lowest BCUT2D eigenvalue weighted by Gasteiger charge is -2.28. The zero-order valence-electron chi connectivity index (χ0n) is 10.7. The maximum Gasteiger partial charge on any atom is 0.345 e. The van der Waals surface area contributed by atoms with Crippen LogP contribution in [0.4, 0.5) is 0 Å². The second kappa shape index (κ2) is 6.00. The topological polar surface area (TPSA) is 104 Å². The van der Waals surface area contributed by atoms with Crippen LogP contribution in [0.1, 0.15) is 36.4 Å². The van der Waals surface area contributed by atoms with Gasteiger partial charge in [-0.25, -0.2) is 17.9 Å². The maximum absolute atomic E-state index is 12.1. The fourth-order valence-corrected chi connectivity index (χ4v) is 4.12. The number of aliphatic hydroxyl groups excluding tert-OH is 1. The minimum Gasteiger partial charge on any atom is -0.477 e. The van der Waals surface area contributed by atoms with Crippen LogP contribution in [0, 0.1) is 0 Å². The smallest absolute Gasteiger partial charge is 0.345 e. The van der Waals surface area contributed by atoms with Crippen molar-refractivity contribution in [3.8, 4) is 0 Å². The minimum absolute atomic E-state index is 0.0271. The number of aliphatic hydroxyl groups is 1. The van der Waals surface area contributed by atoms with Crippen molar-refractivity contribution in [1.29, 1.82) is 0 Å². The third-order valence-electron chi connectivity index (χ3n) is 2.92. The Labute approximate surface area is 116 Å². The summed E-state index contributed by atoms with van der Waals surface area (Å²) in [4.78, 5) is 10.7. The van der Waals surface area contributed by atoms with Crippen LogP contribution in [-0.2, 0) is 10.0 Å². The van der Waals surface area contributed by atoms with Crippen molar-refractivity contribution in [2.24, 2.45) is 0 Å². The van der Waals surface area contributed by atoms with Crippen LogP contribution in [0.2, 0.25) is 0 Å². The molecule has 0 radical (unpaired) electrons. The molecule has 0 spiro atoms. The molecule has 0 aromatic carbocycles. The van der Waals surface area contributed by atoms with Crippen molar-refractivity contribution >= 4 is 27.3 Å². The van der Waals surface area contributed by atoms with E-state index >= 15 is 0 Å². The number of carboxylic acids is 1. The summed E-state index contributed by atoms with van der Waals surface area (Å²) in [5, 5.41) is 19.0. The van der Waals surface area contributed by atoms with Gasteiger partial charge in [0.15, 0.2) is 0 Å². The Morgan fingerprint density at radius 2 is 2.16 bits per heavy atom. The highest BCUT2D eigenvalue weighted by molar-refractivity contribution is 7.89. The van der Waals surface area contributed by atoms with Crippen LogP contribution in [0.15, 0.2) is 16.3 Å². The molecular formula is C11H17NO5S2. The van der Waals surface area contributed by atoms with E-state index < -0.39 is 21.5 Å². The lowest BCUT2D eigenvalue weighted by Crippen LogP contribution is -2.45. The Hall–Kier alpha value is -0.960. The predicted octanol–water partition coefficient (Wildman–Crippen LogP) is 1.28. The standard InChI is InChI=1S/C11H17NO5S2/c1-3-11(2,4-5-13)12-19(16,17)8-6-9(10(14)15)18-7-8/h6-7,12-13H,3-5H2,1-2H3,(H,14,15). The summed E-state index contributed by atoms with van der Waals surface area (Å²) in [5.74, 6) is -1.15. The van der Waals surface area contributed by atoms with E-state index in [0.717, 1.165) is 17.4 Å². The first-order chi connectivity index (χ1) is 8.74. The first-order valence-corrected chi connectivity index (χ1v) is 8.07. The van der Waals surface area contributed by atoms with Crippen LogP contribution >= 0.6 is 11.3 Å². The fourth-order valence-electron chi connectivity index (χ4n) is 1.50. The highest BCUT2D eigenvalue weighted by Crippen LogP contribution is 2.23. The second-order valence-corrected chi connectivity index (χ2v) is 7.04. The quantitative estimate of drug-likeness (QED) is 0.704. The summed E-state index contributed by atoms with van der Waals surface area (Å²) in [5.41, 5.74) is -0.751. The summed E-state index contributed by atoms with van der Waals surface area (Å²) >= 11 is 0.863. The molecule has 6 nitrogen and oxygen atoms in total. The SMILES string of the molecule is CCC(C)(CCO)NS(=O)(=O)c1csc(C(=O)O)c1. The Kier molecular flexibility index (Phi) is 5.08. The van der Waals surface area contributed by atoms with Crippen LogP contribution in [0.25, 0.3) is 0 Å². The summed E-state index contributed by atoms with van der Waals surface area (Å²) in [6.45, 7) is 3.39. The summed E-state index contributed by atoms with van der Waals surface area (Å²) < 4.78 is 26.8. The van der Waals surface area contributed by atoms with Crippen molar-refractivity contribution in [2.75, 3.05) is 6.61 Å². The third-order valence-corrected chi connectivity index (χ3v) is 5.61. The Morgan fingerprint density at radius 1 is 1.53 bits per heavy atom.